The van der Waals surface area contributed by atoms with Crippen LogP contribution in [0.3, 0.4) is 0 Å². The third-order valence-electron chi connectivity index (χ3n) is 3.33. The predicted octanol–water partition coefficient (Wildman–Crippen LogP) is 0.906. The number of imide groups is 1. The fourth-order valence-electron chi connectivity index (χ4n) is 2.18. The van der Waals surface area contributed by atoms with Gasteiger partial charge in [-0.25, -0.2) is 0 Å². The molecule has 0 bridgehead atoms. The summed E-state index contributed by atoms with van der Waals surface area (Å²) in [5, 5.41) is 5.12. The minimum Gasteiger partial charge on any atom is -0.354 e. The molecule has 9 heteroatoms. The Balaban J connectivity index is 1.84. The van der Waals surface area contributed by atoms with Gasteiger partial charge in [-0.15, -0.1) is 11.6 Å². The Kier molecular flexibility index (Phi) is 6.33. The lowest BCUT2D eigenvalue weighted by atomic mass is 10.1. The van der Waals surface area contributed by atoms with E-state index in [0.717, 1.165) is 4.90 Å². The van der Waals surface area contributed by atoms with E-state index in [9.17, 15) is 19.2 Å². The smallest absolute Gasteiger partial charge is 0.262 e. The van der Waals surface area contributed by atoms with Crippen molar-refractivity contribution in [1.82, 2.24) is 15.5 Å². The van der Waals surface area contributed by atoms with Crippen LogP contribution in [-0.2, 0) is 9.59 Å². The number of benzene rings is 1. The van der Waals surface area contributed by atoms with Gasteiger partial charge in [-0.05, 0) is 18.2 Å². The van der Waals surface area contributed by atoms with Gasteiger partial charge in [0.05, 0.1) is 11.1 Å². The number of alkyl halides is 1. The first-order chi connectivity index (χ1) is 11.4. The number of amides is 4. The van der Waals surface area contributed by atoms with Gasteiger partial charge >= 0.3 is 0 Å². The molecule has 0 unspecified atom stereocenters. The van der Waals surface area contributed by atoms with Crippen molar-refractivity contribution in [2.75, 3.05) is 25.5 Å². The zero-order valence-electron chi connectivity index (χ0n) is 12.6. The Morgan fingerprint density at radius 3 is 2.33 bits per heavy atom. The molecule has 0 spiro atoms. The maximum absolute atomic E-state index is 12.2. The highest BCUT2D eigenvalue weighted by Gasteiger charge is 2.36. The highest BCUT2D eigenvalue weighted by molar-refractivity contribution is 9.10. The molecule has 7 nitrogen and oxygen atoms in total. The molecule has 1 aromatic carbocycles. The summed E-state index contributed by atoms with van der Waals surface area (Å²) in [4.78, 5) is 48.4. The highest BCUT2D eigenvalue weighted by Crippen LogP contribution is 2.25. The Labute approximate surface area is 151 Å². The molecule has 24 heavy (non-hydrogen) atoms. The second kappa shape index (κ2) is 8.25. The van der Waals surface area contributed by atoms with Crippen LogP contribution >= 0.6 is 27.5 Å². The Bertz CT molecular complexity index is 695. The van der Waals surface area contributed by atoms with Crippen molar-refractivity contribution >= 4 is 51.2 Å². The molecule has 1 heterocycles. The average Bonchev–Trinajstić information content (AvgIpc) is 2.76. The first-order valence-corrected chi connectivity index (χ1v) is 8.52. The molecule has 2 N–H and O–H groups in total. The minimum atomic E-state index is -0.498. The van der Waals surface area contributed by atoms with E-state index < -0.39 is 17.7 Å². The second-order valence-electron chi connectivity index (χ2n) is 5.03. The van der Waals surface area contributed by atoms with E-state index in [1.807, 2.05) is 0 Å². The molecule has 0 aromatic heterocycles. The van der Waals surface area contributed by atoms with Gasteiger partial charge in [-0.1, -0.05) is 15.9 Å². The topological polar surface area (TPSA) is 95.6 Å². The fraction of sp³-hybridized carbons (Fsp3) is 0.333. The fourth-order valence-corrected chi connectivity index (χ4v) is 2.72. The van der Waals surface area contributed by atoms with Crippen molar-refractivity contribution < 1.29 is 19.2 Å². The zero-order valence-corrected chi connectivity index (χ0v) is 14.9. The first kappa shape index (κ1) is 18.4. The van der Waals surface area contributed by atoms with E-state index in [1.165, 1.54) is 0 Å². The van der Waals surface area contributed by atoms with E-state index >= 15 is 0 Å². The minimum absolute atomic E-state index is 0.196. The van der Waals surface area contributed by atoms with Gasteiger partial charge in [0, 0.05) is 29.9 Å². The molecule has 0 saturated heterocycles. The van der Waals surface area contributed by atoms with Crippen molar-refractivity contribution in [1.29, 1.82) is 0 Å². The van der Waals surface area contributed by atoms with Crippen molar-refractivity contribution in [3.05, 3.63) is 33.8 Å². The van der Waals surface area contributed by atoms with Gasteiger partial charge in [0.2, 0.25) is 11.8 Å². The third kappa shape index (κ3) is 4.33. The normalized spacial score (nSPS) is 13.0. The average molecular weight is 417 g/mol. The Morgan fingerprint density at radius 2 is 1.67 bits per heavy atom. The van der Waals surface area contributed by atoms with Crippen LogP contribution in [0.2, 0.25) is 0 Å². The van der Waals surface area contributed by atoms with Crippen molar-refractivity contribution in [3.63, 3.8) is 0 Å². The van der Waals surface area contributed by atoms with Gasteiger partial charge < -0.3 is 10.6 Å². The summed E-state index contributed by atoms with van der Waals surface area (Å²) in [5.41, 5.74) is 0.555. The van der Waals surface area contributed by atoms with Crippen molar-refractivity contribution in [2.24, 2.45) is 0 Å². The van der Waals surface area contributed by atoms with Crippen molar-refractivity contribution in [2.45, 2.75) is 6.42 Å². The number of fused-ring (bicyclic) bond motifs is 1. The van der Waals surface area contributed by atoms with Crippen LogP contribution in [0.5, 0.6) is 0 Å². The maximum Gasteiger partial charge on any atom is 0.262 e. The van der Waals surface area contributed by atoms with Crippen LogP contribution in [0.15, 0.2) is 22.7 Å². The van der Waals surface area contributed by atoms with E-state index in [-0.39, 0.29) is 49.0 Å². The number of carbonyl (C=O) groups is 4. The molecule has 0 fully saturated rings. The number of nitrogens with zero attached hydrogens (tertiary/aromatic N) is 1. The number of carbonyl (C=O) groups excluding carboxylic acids is 4. The van der Waals surface area contributed by atoms with Crippen LogP contribution in [-0.4, -0.2) is 54.0 Å². The number of halogens is 2. The number of hydrogen-bond acceptors (Lipinski definition) is 4. The van der Waals surface area contributed by atoms with Gasteiger partial charge in [0.1, 0.15) is 6.54 Å². The van der Waals surface area contributed by atoms with Crippen LogP contribution in [0.1, 0.15) is 27.1 Å². The Morgan fingerprint density at radius 1 is 1.04 bits per heavy atom. The number of nitrogens with one attached hydrogen (secondary N) is 2. The van der Waals surface area contributed by atoms with E-state index in [0.29, 0.717) is 4.47 Å². The maximum atomic E-state index is 12.2. The van der Waals surface area contributed by atoms with Crippen LogP contribution in [0.25, 0.3) is 0 Å². The molecule has 128 valence electrons. The lowest BCUT2D eigenvalue weighted by molar-refractivity contribution is -0.122. The lowest BCUT2D eigenvalue weighted by Crippen LogP contribution is -2.42. The Hall–Kier alpha value is -1.93. The van der Waals surface area contributed by atoms with Crippen LogP contribution < -0.4 is 10.6 Å². The number of hydrogen-bond donors (Lipinski definition) is 2. The van der Waals surface area contributed by atoms with Crippen LogP contribution in [0, 0.1) is 0 Å². The van der Waals surface area contributed by atoms with E-state index in [2.05, 4.69) is 26.6 Å². The van der Waals surface area contributed by atoms with Crippen LogP contribution in [0.4, 0.5) is 0 Å². The summed E-state index contributed by atoms with van der Waals surface area (Å²) in [7, 11) is 0. The zero-order chi connectivity index (χ0) is 17.7. The van der Waals surface area contributed by atoms with Gasteiger partial charge in [0.25, 0.3) is 11.8 Å². The molecule has 1 aliphatic heterocycles. The summed E-state index contributed by atoms with van der Waals surface area (Å²) in [6.45, 7) is 0.0810. The van der Waals surface area contributed by atoms with Gasteiger partial charge in [-0.3, -0.25) is 24.1 Å². The second-order valence-corrected chi connectivity index (χ2v) is 6.32. The molecule has 0 aliphatic carbocycles. The van der Waals surface area contributed by atoms with Crippen molar-refractivity contribution in [3.8, 4) is 0 Å². The van der Waals surface area contributed by atoms with E-state index in [1.54, 1.807) is 18.2 Å². The lowest BCUT2D eigenvalue weighted by Gasteiger charge is -2.13. The molecule has 1 aromatic rings. The molecule has 2 rings (SSSR count). The predicted molar refractivity (Wildman–Crippen MR) is 90.9 cm³/mol. The SMILES string of the molecule is O=C(CCCl)NCCNC(=O)CN1C(=O)c2ccc(Br)cc2C1=O. The quantitative estimate of drug-likeness (QED) is 0.392. The summed E-state index contributed by atoms with van der Waals surface area (Å²) in [6.07, 6.45) is 0.208. The molecule has 0 saturated carbocycles. The molecule has 4 amide bonds. The largest absolute Gasteiger partial charge is 0.354 e. The summed E-state index contributed by atoms with van der Waals surface area (Å²) < 4.78 is 0.682. The molecule has 1 aliphatic rings. The van der Waals surface area contributed by atoms with E-state index in [4.69, 9.17) is 11.6 Å². The van der Waals surface area contributed by atoms with Gasteiger partial charge in [0.15, 0.2) is 0 Å². The molecular weight excluding hydrogens is 402 g/mol. The summed E-state index contributed by atoms with van der Waals surface area (Å²) in [5.74, 6) is -1.44. The summed E-state index contributed by atoms with van der Waals surface area (Å²) in [6, 6.07) is 4.76. The first-order valence-electron chi connectivity index (χ1n) is 7.19. The monoisotopic (exact) mass is 415 g/mol. The molecule has 0 atom stereocenters. The number of rotatable bonds is 7. The van der Waals surface area contributed by atoms with Gasteiger partial charge in [-0.2, -0.15) is 0 Å². The third-order valence-corrected chi connectivity index (χ3v) is 4.01. The molecular formula is C15H15BrClN3O4. The highest BCUT2D eigenvalue weighted by atomic mass is 79.9. The molecule has 0 radical (unpaired) electrons. The summed E-state index contributed by atoms with van der Waals surface area (Å²) >= 11 is 8.67. The standard InChI is InChI=1S/C15H15BrClN3O4/c16-9-1-2-10-11(7-9)15(24)20(14(10)23)8-13(22)19-6-5-18-12(21)3-4-17/h1-2,7H,3-6,8H2,(H,18,21)(H,19,22).